The first-order chi connectivity index (χ1) is 8.83. The molecule has 0 amide bonds. The Bertz CT molecular complexity index is 341. The van der Waals surface area contributed by atoms with Crippen LogP contribution in [0.5, 0.6) is 0 Å². The second-order valence-corrected chi connectivity index (χ2v) is 5.43. The lowest BCUT2D eigenvalue weighted by molar-refractivity contribution is 0.315. The van der Waals surface area contributed by atoms with E-state index >= 15 is 0 Å². The van der Waals surface area contributed by atoms with Crippen molar-refractivity contribution in [1.29, 1.82) is 0 Å². The zero-order valence-electron chi connectivity index (χ0n) is 11.4. The lowest BCUT2D eigenvalue weighted by atomic mass is 9.85. The van der Waals surface area contributed by atoms with Crippen LogP contribution in [0.15, 0.2) is 12.4 Å². The molecular weight excluding hydrogens is 224 g/mol. The molecular formula is C14H26N4. The Morgan fingerprint density at radius 3 is 2.83 bits per heavy atom. The monoisotopic (exact) mass is 250 g/mol. The minimum absolute atomic E-state index is 0.257. The third kappa shape index (κ3) is 3.56. The third-order valence-corrected chi connectivity index (χ3v) is 4.17. The first-order valence-electron chi connectivity index (χ1n) is 7.32. The van der Waals surface area contributed by atoms with E-state index in [9.17, 15) is 0 Å². The van der Waals surface area contributed by atoms with Crippen LogP contribution in [0.3, 0.4) is 0 Å². The molecule has 4 heteroatoms. The highest BCUT2D eigenvalue weighted by Gasteiger charge is 2.17. The quantitative estimate of drug-likeness (QED) is 0.603. The van der Waals surface area contributed by atoms with Crippen LogP contribution in [-0.2, 0) is 6.54 Å². The van der Waals surface area contributed by atoms with Crippen molar-refractivity contribution < 1.29 is 0 Å². The molecule has 4 nitrogen and oxygen atoms in total. The topological polar surface area (TPSA) is 55.9 Å². The number of rotatable bonds is 6. The van der Waals surface area contributed by atoms with E-state index in [4.69, 9.17) is 5.84 Å². The third-order valence-electron chi connectivity index (χ3n) is 4.17. The Morgan fingerprint density at radius 1 is 1.44 bits per heavy atom. The van der Waals surface area contributed by atoms with Crippen molar-refractivity contribution in [3.8, 4) is 0 Å². The van der Waals surface area contributed by atoms with Crippen LogP contribution in [0.4, 0.5) is 0 Å². The molecule has 1 saturated carbocycles. The predicted octanol–water partition coefficient (Wildman–Crippen LogP) is 2.77. The van der Waals surface area contributed by atoms with Crippen molar-refractivity contribution in [2.24, 2.45) is 11.8 Å². The van der Waals surface area contributed by atoms with Crippen molar-refractivity contribution in [2.75, 3.05) is 0 Å². The molecule has 3 N–H and O–H groups in total. The van der Waals surface area contributed by atoms with Gasteiger partial charge in [-0.05, 0) is 25.7 Å². The number of aryl methyl sites for hydroxylation is 1. The van der Waals surface area contributed by atoms with Gasteiger partial charge in [-0.2, -0.15) is 5.10 Å². The molecule has 0 spiro atoms. The number of nitrogens with two attached hydrogens (primary N) is 1. The standard InChI is InChI=1S/C14H26N4/c1-2-18-11-13(10-16-18)14(17-15)9-8-12-6-4-3-5-7-12/h10-12,14,17H,2-9,15H2,1H3. The number of nitrogens with one attached hydrogen (secondary N) is 1. The smallest absolute Gasteiger partial charge is 0.0538 e. The van der Waals surface area contributed by atoms with Crippen molar-refractivity contribution in [3.05, 3.63) is 18.0 Å². The minimum Gasteiger partial charge on any atom is -0.273 e. The highest BCUT2D eigenvalue weighted by atomic mass is 15.3. The van der Waals surface area contributed by atoms with E-state index in [1.54, 1.807) is 0 Å². The van der Waals surface area contributed by atoms with Crippen LogP contribution >= 0.6 is 0 Å². The van der Waals surface area contributed by atoms with E-state index in [1.165, 1.54) is 44.1 Å². The fraction of sp³-hybridized carbons (Fsp3) is 0.786. The van der Waals surface area contributed by atoms with E-state index in [1.807, 2.05) is 10.9 Å². The van der Waals surface area contributed by atoms with E-state index < -0.39 is 0 Å². The zero-order valence-corrected chi connectivity index (χ0v) is 11.4. The summed E-state index contributed by atoms with van der Waals surface area (Å²) < 4.78 is 1.96. The lowest BCUT2D eigenvalue weighted by Gasteiger charge is -2.23. The molecule has 1 atom stereocenters. The Balaban J connectivity index is 1.84. The molecule has 0 aromatic carbocycles. The number of hydrazine groups is 1. The Kier molecular flexibility index (Phi) is 5.20. The first kappa shape index (κ1) is 13.6. The summed E-state index contributed by atoms with van der Waals surface area (Å²) in [5.74, 6) is 6.60. The minimum atomic E-state index is 0.257. The molecule has 1 aromatic rings. The molecule has 0 bridgehead atoms. The van der Waals surface area contributed by atoms with Gasteiger partial charge in [-0.25, -0.2) is 0 Å². The SMILES string of the molecule is CCn1cc(C(CCC2CCCCC2)NN)cn1. The number of nitrogens with zero attached hydrogens (tertiary/aromatic N) is 2. The van der Waals surface area contributed by atoms with Crippen LogP contribution in [0.25, 0.3) is 0 Å². The van der Waals surface area contributed by atoms with Gasteiger partial charge in [-0.1, -0.05) is 32.1 Å². The van der Waals surface area contributed by atoms with Crippen LogP contribution in [0.1, 0.15) is 63.5 Å². The normalized spacial score (nSPS) is 19.0. The van der Waals surface area contributed by atoms with Gasteiger partial charge in [0.2, 0.25) is 0 Å². The van der Waals surface area contributed by atoms with Gasteiger partial charge in [0.25, 0.3) is 0 Å². The highest BCUT2D eigenvalue weighted by molar-refractivity contribution is 5.09. The van der Waals surface area contributed by atoms with Crippen LogP contribution in [-0.4, -0.2) is 9.78 Å². The average molecular weight is 250 g/mol. The van der Waals surface area contributed by atoms with Gasteiger partial charge < -0.3 is 0 Å². The second kappa shape index (κ2) is 6.90. The summed E-state index contributed by atoms with van der Waals surface area (Å²) in [5, 5.41) is 4.32. The largest absolute Gasteiger partial charge is 0.273 e. The van der Waals surface area contributed by atoms with Gasteiger partial charge >= 0.3 is 0 Å². The van der Waals surface area contributed by atoms with E-state index in [2.05, 4.69) is 23.6 Å². The Hall–Kier alpha value is -0.870. The van der Waals surface area contributed by atoms with Gasteiger partial charge in [0.1, 0.15) is 0 Å². The maximum Gasteiger partial charge on any atom is 0.0538 e. The number of aromatic nitrogens is 2. The summed E-state index contributed by atoms with van der Waals surface area (Å²) in [7, 11) is 0. The molecule has 1 aliphatic rings. The second-order valence-electron chi connectivity index (χ2n) is 5.43. The van der Waals surface area contributed by atoms with Gasteiger partial charge in [0.15, 0.2) is 0 Å². The maximum atomic E-state index is 5.68. The molecule has 1 aromatic heterocycles. The molecule has 0 radical (unpaired) electrons. The molecule has 1 aliphatic carbocycles. The molecule has 2 rings (SSSR count). The number of hydrogen-bond donors (Lipinski definition) is 2. The summed E-state index contributed by atoms with van der Waals surface area (Å²) in [6.45, 7) is 3.02. The summed E-state index contributed by atoms with van der Waals surface area (Å²) in [6.07, 6.45) is 13.5. The van der Waals surface area contributed by atoms with Crippen molar-refractivity contribution >= 4 is 0 Å². The molecule has 102 valence electrons. The predicted molar refractivity (Wildman–Crippen MR) is 73.8 cm³/mol. The fourth-order valence-electron chi connectivity index (χ4n) is 2.96. The van der Waals surface area contributed by atoms with Crippen molar-refractivity contribution in [2.45, 2.75) is 64.5 Å². The first-order valence-corrected chi connectivity index (χ1v) is 7.32. The maximum absolute atomic E-state index is 5.68. The van der Waals surface area contributed by atoms with E-state index in [0.29, 0.717) is 0 Å². The van der Waals surface area contributed by atoms with Gasteiger partial charge in [-0.3, -0.25) is 16.0 Å². The molecule has 18 heavy (non-hydrogen) atoms. The van der Waals surface area contributed by atoms with Gasteiger partial charge in [0, 0.05) is 24.3 Å². The summed E-state index contributed by atoms with van der Waals surface area (Å²) in [6, 6.07) is 0.257. The van der Waals surface area contributed by atoms with Gasteiger partial charge in [-0.15, -0.1) is 0 Å². The van der Waals surface area contributed by atoms with Crippen molar-refractivity contribution in [3.63, 3.8) is 0 Å². The number of hydrogen-bond acceptors (Lipinski definition) is 3. The van der Waals surface area contributed by atoms with E-state index in [0.717, 1.165) is 18.9 Å². The zero-order chi connectivity index (χ0) is 12.8. The molecule has 1 fully saturated rings. The van der Waals surface area contributed by atoms with Crippen LogP contribution < -0.4 is 11.3 Å². The molecule has 1 unspecified atom stereocenters. The summed E-state index contributed by atoms with van der Waals surface area (Å²) >= 11 is 0. The lowest BCUT2D eigenvalue weighted by Crippen LogP contribution is -2.28. The van der Waals surface area contributed by atoms with Crippen molar-refractivity contribution in [1.82, 2.24) is 15.2 Å². The Labute approximate surface area is 110 Å². The average Bonchev–Trinajstić information content (AvgIpc) is 2.89. The van der Waals surface area contributed by atoms with Gasteiger partial charge in [0.05, 0.1) is 6.20 Å². The summed E-state index contributed by atoms with van der Waals surface area (Å²) in [4.78, 5) is 0. The van der Waals surface area contributed by atoms with Crippen LogP contribution in [0, 0.1) is 5.92 Å². The Morgan fingerprint density at radius 2 is 2.22 bits per heavy atom. The molecule has 0 aliphatic heterocycles. The summed E-state index contributed by atoms with van der Waals surface area (Å²) in [5.41, 5.74) is 4.16. The molecule has 0 saturated heterocycles. The van der Waals surface area contributed by atoms with Crippen LogP contribution in [0.2, 0.25) is 0 Å². The molecule has 1 heterocycles. The van der Waals surface area contributed by atoms with E-state index in [-0.39, 0.29) is 6.04 Å². The fourth-order valence-corrected chi connectivity index (χ4v) is 2.96. The highest BCUT2D eigenvalue weighted by Crippen LogP contribution is 2.30.